The summed E-state index contributed by atoms with van der Waals surface area (Å²) in [6.45, 7) is 6.01. The van der Waals surface area contributed by atoms with E-state index < -0.39 is 21.1 Å². The Kier molecular flexibility index (Phi) is 10.9. The van der Waals surface area contributed by atoms with E-state index in [1.807, 2.05) is 20.8 Å². The number of halogens is 4. The highest BCUT2D eigenvalue weighted by molar-refractivity contribution is 14.0. The van der Waals surface area contributed by atoms with E-state index in [2.05, 4.69) is 15.6 Å². The first-order chi connectivity index (χ1) is 12.0. The van der Waals surface area contributed by atoms with Crippen molar-refractivity contribution in [3.63, 3.8) is 0 Å². The summed E-state index contributed by atoms with van der Waals surface area (Å²) in [5.74, 6) is 0.463. The van der Waals surface area contributed by atoms with Crippen molar-refractivity contribution in [2.45, 2.75) is 63.6 Å². The van der Waals surface area contributed by atoms with Crippen molar-refractivity contribution in [3.8, 4) is 0 Å². The highest BCUT2D eigenvalue weighted by atomic mass is 127. The van der Waals surface area contributed by atoms with Gasteiger partial charge < -0.3 is 15.7 Å². The molecule has 12 heteroatoms. The molecule has 0 amide bonds. The number of aliphatic hydroxyl groups is 1. The molecule has 0 radical (unpaired) electrons. The van der Waals surface area contributed by atoms with Gasteiger partial charge in [0.15, 0.2) is 5.96 Å². The Hall–Kier alpha value is -0.340. The molecule has 0 aromatic heterocycles. The van der Waals surface area contributed by atoms with Crippen molar-refractivity contribution < 1.29 is 26.7 Å². The molecule has 1 aliphatic rings. The van der Waals surface area contributed by atoms with Gasteiger partial charge in [0.25, 0.3) is 0 Å². The van der Waals surface area contributed by atoms with Crippen LogP contribution in [0.4, 0.5) is 13.2 Å². The number of hydrogen-bond donors (Lipinski definition) is 3. The molecule has 0 aromatic carbocycles. The zero-order valence-electron chi connectivity index (χ0n) is 15.8. The average molecular weight is 530 g/mol. The second kappa shape index (κ2) is 11.0. The molecule has 1 heterocycles. The van der Waals surface area contributed by atoms with E-state index in [0.29, 0.717) is 29.7 Å². The Morgan fingerprint density at radius 1 is 1.19 bits per heavy atom. The maximum atomic E-state index is 12.6. The number of nitrogens with one attached hydrogen (secondary N) is 2. The molecule has 27 heavy (non-hydrogen) atoms. The maximum Gasteiger partial charge on any atom is 0.511 e. The van der Waals surface area contributed by atoms with Crippen LogP contribution in [0.3, 0.4) is 0 Å². The van der Waals surface area contributed by atoms with Crippen LogP contribution < -0.4 is 10.6 Å². The molecular weight excluding hydrogens is 500 g/mol. The molecule has 1 aliphatic heterocycles. The van der Waals surface area contributed by atoms with Gasteiger partial charge in [0.1, 0.15) is 0 Å². The van der Waals surface area contributed by atoms with Gasteiger partial charge in [-0.05, 0) is 32.6 Å². The molecule has 0 saturated carbocycles. The summed E-state index contributed by atoms with van der Waals surface area (Å²) in [5.41, 5.74) is -6.17. The fourth-order valence-electron chi connectivity index (χ4n) is 2.60. The molecule has 0 atom stereocenters. The second-order valence-electron chi connectivity index (χ2n) is 6.40. The summed E-state index contributed by atoms with van der Waals surface area (Å²) in [5, 5.41) is 16.5. The van der Waals surface area contributed by atoms with Gasteiger partial charge in [-0.2, -0.15) is 17.5 Å². The van der Waals surface area contributed by atoms with Crippen molar-refractivity contribution >= 4 is 40.0 Å². The van der Waals surface area contributed by atoms with Crippen LogP contribution in [0, 0.1) is 0 Å². The zero-order chi connectivity index (χ0) is 20.0. The number of rotatable bonds is 7. The van der Waals surface area contributed by atoms with Crippen molar-refractivity contribution in [1.82, 2.24) is 14.9 Å². The lowest BCUT2D eigenvalue weighted by molar-refractivity contribution is -0.0494. The Labute approximate surface area is 176 Å². The minimum atomic E-state index is -5.27. The molecule has 0 unspecified atom stereocenters. The van der Waals surface area contributed by atoms with Gasteiger partial charge in [-0.3, -0.25) is 4.99 Å². The van der Waals surface area contributed by atoms with E-state index in [9.17, 15) is 26.7 Å². The fourth-order valence-corrected chi connectivity index (χ4v) is 3.58. The molecule has 0 aliphatic carbocycles. The molecule has 1 fully saturated rings. The van der Waals surface area contributed by atoms with Crippen LogP contribution in [0.15, 0.2) is 4.99 Å². The van der Waals surface area contributed by atoms with E-state index >= 15 is 0 Å². The normalized spacial score (nSPS) is 18.1. The lowest BCUT2D eigenvalue weighted by Gasteiger charge is -2.32. The lowest BCUT2D eigenvalue weighted by Crippen LogP contribution is -2.52. The van der Waals surface area contributed by atoms with Gasteiger partial charge in [-0.1, -0.05) is 13.8 Å². The second-order valence-corrected chi connectivity index (χ2v) is 8.32. The minimum absolute atomic E-state index is 0. The molecular formula is C15H30F3IN4O3S. The highest BCUT2D eigenvalue weighted by Crippen LogP contribution is 2.28. The minimum Gasteiger partial charge on any atom is -0.388 e. The first kappa shape index (κ1) is 26.7. The smallest absolute Gasteiger partial charge is 0.388 e. The predicted octanol–water partition coefficient (Wildman–Crippen LogP) is 2.02. The summed E-state index contributed by atoms with van der Waals surface area (Å²) in [4.78, 5) is 4.36. The third kappa shape index (κ3) is 7.54. The molecule has 7 nitrogen and oxygen atoms in total. The summed E-state index contributed by atoms with van der Waals surface area (Å²) in [7, 11) is -5.27. The molecule has 1 saturated heterocycles. The van der Waals surface area contributed by atoms with Crippen molar-refractivity contribution in [2.24, 2.45) is 4.99 Å². The van der Waals surface area contributed by atoms with Crippen molar-refractivity contribution in [1.29, 1.82) is 0 Å². The number of guanidine groups is 1. The third-order valence-corrected chi connectivity index (χ3v) is 6.25. The first-order valence-electron chi connectivity index (χ1n) is 8.82. The third-order valence-electron chi connectivity index (χ3n) is 4.62. The largest absolute Gasteiger partial charge is 0.511 e. The van der Waals surface area contributed by atoms with E-state index in [0.717, 1.165) is 0 Å². The van der Waals surface area contributed by atoms with Crippen molar-refractivity contribution in [2.75, 3.05) is 26.2 Å². The SMILES string of the molecule is CCNC(=NCC(O)(CC)CC)NC1CCN(S(=O)(=O)C(F)(F)F)CC1.I. The summed E-state index contributed by atoms with van der Waals surface area (Å²) < 4.78 is 61.2. The molecule has 0 spiro atoms. The van der Waals surface area contributed by atoms with Gasteiger partial charge in [0.05, 0.1) is 12.1 Å². The van der Waals surface area contributed by atoms with Gasteiger partial charge in [-0.25, -0.2) is 8.42 Å². The standard InChI is InChI=1S/C15H29F3N4O3S.HI/c1-4-14(23,5-2)11-20-13(19-6-3)21-12-7-9-22(10-8-12)26(24,25)15(16,17)18;/h12,23H,4-11H2,1-3H3,(H2,19,20,21);1H. The molecule has 1 rings (SSSR count). The van der Waals surface area contributed by atoms with E-state index in [1.165, 1.54) is 0 Å². The Morgan fingerprint density at radius 3 is 2.11 bits per heavy atom. The number of alkyl halides is 3. The number of hydrogen-bond acceptors (Lipinski definition) is 4. The molecule has 0 aromatic rings. The average Bonchev–Trinajstić information content (AvgIpc) is 2.59. The van der Waals surface area contributed by atoms with E-state index in [-0.39, 0.29) is 62.5 Å². The van der Waals surface area contributed by atoms with E-state index in [1.54, 1.807) is 0 Å². The predicted molar refractivity (Wildman–Crippen MR) is 110 cm³/mol. The van der Waals surface area contributed by atoms with Crippen LogP contribution in [-0.2, 0) is 10.0 Å². The Balaban J connectivity index is 0.00000676. The highest BCUT2D eigenvalue weighted by Gasteiger charge is 2.50. The lowest BCUT2D eigenvalue weighted by atomic mass is 9.98. The van der Waals surface area contributed by atoms with Crippen LogP contribution >= 0.6 is 24.0 Å². The monoisotopic (exact) mass is 530 g/mol. The Morgan fingerprint density at radius 2 is 1.70 bits per heavy atom. The topological polar surface area (TPSA) is 94.0 Å². The van der Waals surface area contributed by atoms with Crippen LogP contribution in [-0.4, -0.2) is 67.1 Å². The van der Waals surface area contributed by atoms with Gasteiger partial charge in [0, 0.05) is 25.7 Å². The van der Waals surface area contributed by atoms with Gasteiger partial charge in [0.2, 0.25) is 0 Å². The fraction of sp³-hybridized carbons (Fsp3) is 0.933. The maximum absolute atomic E-state index is 12.6. The Bertz CT molecular complexity index is 575. The number of piperidine rings is 1. The van der Waals surface area contributed by atoms with Crippen LogP contribution in [0.25, 0.3) is 0 Å². The van der Waals surface area contributed by atoms with Crippen LogP contribution in [0.5, 0.6) is 0 Å². The molecule has 162 valence electrons. The molecule has 0 bridgehead atoms. The van der Waals surface area contributed by atoms with Crippen molar-refractivity contribution in [3.05, 3.63) is 0 Å². The number of nitrogens with zero attached hydrogens (tertiary/aromatic N) is 2. The van der Waals surface area contributed by atoms with E-state index in [4.69, 9.17) is 0 Å². The number of sulfonamides is 1. The molecule has 3 N–H and O–H groups in total. The number of aliphatic imine (C=N–C) groups is 1. The quantitative estimate of drug-likeness (QED) is 0.266. The summed E-state index contributed by atoms with van der Waals surface area (Å²) >= 11 is 0. The van der Waals surface area contributed by atoms with Gasteiger partial charge in [-0.15, -0.1) is 24.0 Å². The zero-order valence-corrected chi connectivity index (χ0v) is 19.0. The summed E-state index contributed by atoms with van der Waals surface area (Å²) in [6.07, 6.45) is 1.59. The van der Waals surface area contributed by atoms with Crippen LogP contribution in [0.2, 0.25) is 0 Å². The van der Waals surface area contributed by atoms with Gasteiger partial charge >= 0.3 is 15.5 Å². The van der Waals surface area contributed by atoms with Crippen LogP contribution in [0.1, 0.15) is 46.5 Å². The first-order valence-corrected chi connectivity index (χ1v) is 10.3. The summed E-state index contributed by atoms with van der Waals surface area (Å²) in [6, 6.07) is -0.191.